The van der Waals surface area contributed by atoms with Gasteiger partial charge in [0.15, 0.2) is 0 Å². The Morgan fingerprint density at radius 3 is 2.56 bits per heavy atom. The molecule has 1 aromatic carbocycles. The second-order valence-corrected chi connectivity index (χ2v) is 8.12. The predicted molar refractivity (Wildman–Crippen MR) is 108 cm³/mol. The van der Waals surface area contributed by atoms with Gasteiger partial charge in [0.1, 0.15) is 6.04 Å². The van der Waals surface area contributed by atoms with E-state index in [2.05, 4.69) is 29.3 Å². The van der Waals surface area contributed by atoms with Gasteiger partial charge in [-0.05, 0) is 62.3 Å². The van der Waals surface area contributed by atoms with Crippen molar-refractivity contribution in [2.45, 2.75) is 65.0 Å². The molecule has 2 heterocycles. The first-order chi connectivity index (χ1) is 13.1. The summed E-state index contributed by atoms with van der Waals surface area (Å²) in [7, 11) is 0. The van der Waals surface area contributed by atoms with Gasteiger partial charge in [0.25, 0.3) is 0 Å². The van der Waals surface area contributed by atoms with Crippen molar-refractivity contribution >= 4 is 17.5 Å². The van der Waals surface area contributed by atoms with Gasteiger partial charge in [-0.3, -0.25) is 14.5 Å². The van der Waals surface area contributed by atoms with Crippen LogP contribution in [0.25, 0.3) is 0 Å². The molecule has 0 aromatic heterocycles. The van der Waals surface area contributed by atoms with Crippen molar-refractivity contribution in [1.82, 2.24) is 9.80 Å². The van der Waals surface area contributed by atoms with E-state index in [9.17, 15) is 9.59 Å². The van der Waals surface area contributed by atoms with Gasteiger partial charge in [-0.2, -0.15) is 0 Å². The standard InChI is InChI=1S/C22H33N3O2/c1-3-21(26)25-14-5-4-8-20(25)22(27)23-19-11-9-18(10-12-19)16-24-13-6-7-17(2)15-24/h9-12,17,20H,3-8,13-16H2,1-2H3,(H,23,27). The topological polar surface area (TPSA) is 52.7 Å². The second kappa shape index (κ2) is 9.36. The number of carbonyl (C=O) groups is 2. The molecule has 1 N–H and O–H groups in total. The van der Waals surface area contributed by atoms with Gasteiger partial charge < -0.3 is 10.2 Å². The number of hydrogen-bond acceptors (Lipinski definition) is 3. The number of piperidine rings is 2. The van der Waals surface area contributed by atoms with Gasteiger partial charge >= 0.3 is 0 Å². The molecule has 3 rings (SSSR count). The van der Waals surface area contributed by atoms with Gasteiger partial charge in [0.2, 0.25) is 11.8 Å². The summed E-state index contributed by atoms with van der Waals surface area (Å²) in [6.45, 7) is 8.18. The van der Waals surface area contributed by atoms with Crippen molar-refractivity contribution in [2.75, 3.05) is 25.0 Å². The summed E-state index contributed by atoms with van der Waals surface area (Å²) >= 11 is 0. The van der Waals surface area contributed by atoms with Gasteiger partial charge in [0, 0.05) is 31.7 Å². The molecule has 0 bridgehead atoms. The summed E-state index contributed by atoms with van der Waals surface area (Å²) in [5.41, 5.74) is 2.09. The molecule has 0 spiro atoms. The zero-order chi connectivity index (χ0) is 19.2. The summed E-state index contributed by atoms with van der Waals surface area (Å²) in [6, 6.07) is 7.83. The number of rotatable bonds is 5. The van der Waals surface area contributed by atoms with E-state index in [0.29, 0.717) is 13.0 Å². The Bertz CT molecular complexity index is 643. The van der Waals surface area contributed by atoms with E-state index in [4.69, 9.17) is 0 Å². The van der Waals surface area contributed by atoms with E-state index in [0.717, 1.165) is 37.4 Å². The maximum absolute atomic E-state index is 12.7. The summed E-state index contributed by atoms with van der Waals surface area (Å²) in [4.78, 5) is 29.1. The van der Waals surface area contributed by atoms with Crippen molar-refractivity contribution < 1.29 is 9.59 Å². The Morgan fingerprint density at radius 2 is 1.85 bits per heavy atom. The van der Waals surface area contributed by atoms with Gasteiger partial charge in [-0.1, -0.05) is 26.0 Å². The molecule has 148 valence electrons. The zero-order valence-electron chi connectivity index (χ0n) is 16.7. The number of benzene rings is 1. The van der Waals surface area contributed by atoms with Crippen LogP contribution in [0.5, 0.6) is 0 Å². The van der Waals surface area contributed by atoms with Crippen LogP contribution in [0.15, 0.2) is 24.3 Å². The van der Waals surface area contributed by atoms with E-state index >= 15 is 0 Å². The molecule has 27 heavy (non-hydrogen) atoms. The van der Waals surface area contributed by atoms with Crippen LogP contribution in [0, 0.1) is 5.92 Å². The zero-order valence-corrected chi connectivity index (χ0v) is 16.7. The average molecular weight is 372 g/mol. The number of carbonyl (C=O) groups excluding carboxylic acids is 2. The van der Waals surface area contributed by atoms with Gasteiger partial charge in [0.05, 0.1) is 0 Å². The molecule has 2 aliphatic rings. The first kappa shape index (κ1) is 19.9. The summed E-state index contributed by atoms with van der Waals surface area (Å²) in [5, 5.41) is 3.01. The molecule has 2 unspecified atom stereocenters. The first-order valence-electron chi connectivity index (χ1n) is 10.5. The number of likely N-dealkylation sites (tertiary alicyclic amines) is 2. The minimum Gasteiger partial charge on any atom is -0.331 e. The van der Waals surface area contributed by atoms with Crippen LogP contribution in [-0.4, -0.2) is 47.3 Å². The molecule has 5 nitrogen and oxygen atoms in total. The third-order valence-corrected chi connectivity index (χ3v) is 5.80. The lowest BCUT2D eigenvalue weighted by atomic mass is 9.99. The van der Waals surface area contributed by atoms with Crippen LogP contribution in [0.3, 0.4) is 0 Å². The molecule has 2 saturated heterocycles. The Balaban J connectivity index is 1.57. The molecule has 2 amide bonds. The average Bonchev–Trinajstić information content (AvgIpc) is 2.69. The van der Waals surface area contributed by atoms with E-state index in [1.165, 1.54) is 31.5 Å². The Labute approximate surface area is 163 Å². The minimum atomic E-state index is -0.333. The molecule has 1 aromatic rings. The van der Waals surface area contributed by atoms with Crippen molar-refractivity contribution in [2.24, 2.45) is 5.92 Å². The van der Waals surface area contributed by atoms with E-state index in [1.807, 2.05) is 19.1 Å². The number of nitrogens with zero attached hydrogens (tertiary/aromatic N) is 2. The molecule has 2 fully saturated rings. The SMILES string of the molecule is CCC(=O)N1CCCCC1C(=O)Nc1ccc(CN2CCCC(C)C2)cc1. The third-order valence-electron chi connectivity index (χ3n) is 5.80. The van der Waals surface area contributed by atoms with Gasteiger partial charge in [-0.25, -0.2) is 0 Å². The number of amides is 2. The normalized spacial score (nSPS) is 23.9. The van der Waals surface area contributed by atoms with Crippen molar-refractivity contribution in [3.63, 3.8) is 0 Å². The fourth-order valence-electron chi connectivity index (χ4n) is 4.31. The van der Waals surface area contributed by atoms with Crippen molar-refractivity contribution in [3.8, 4) is 0 Å². The molecule has 5 heteroatoms. The molecule has 2 atom stereocenters. The molecule has 2 aliphatic heterocycles. The molecular formula is C22H33N3O2. The molecule has 0 aliphatic carbocycles. The number of anilines is 1. The van der Waals surface area contributed by atoms with Crippen molar-refractivity contribution in [3.05, 3.63) is 29.8 Å². The third kappa shape index (κ3) is 5.32. The summed E-state index contributed by atoms with van der Waals surface area (Å²) < 4.78 is 0. The van der Waals surface area contributed by atoms with Crippen LogP contribution in [0.4, 0.5) is 5.69 Å². The summed E-state index contributed by atoms with van der Waals surface area (Å²) in [6.07, 6.45) is 5.80. The minimum absolute atomic E-state index is 0.0610. The first-order valence-corrected chi connectivity index (χ1v) is 10.5. The van der Waals surface area contributed by atoms with Crippen LogP contribution >= 0.6 is 0 Å². The predicted octanol–water partition coefficient (Wildman–Crippen LogP) is 3.65. The lowest BCUT2D eigenvalue weighted by molar-refractivity contribution is -0.140. The van der Waals surface area contributed by atoms with E-state index in [-0.39, 0.29) is 17.9 Å². The van der Waals surface area contributed by atoms with Crippen LogP contribution in [0.1, 0.15) is 57.9 Å². The monoisotopic (exact) mass is 371 g/mol. The highest BCUT2D eigenvalue weighted by Crippen LogP contribution is 2.21. The Kier molecular flexibility index (Phi) is 6.89. The lowest BCUT2D eigenvalue weighted by Crippen LogP contribution is -2.49. The fourth-order valence-corrected chi connectivity index (χ4v) is 4.31. The second-order valence-electron chi connectivity index (χ2n) is 8.12. The molecular weight excluding hydrogens is 338 g/mol. The highest BCUT2D eigenvalue weighted by atomic mass is 16.2. The largest absolute Gasteiger partial charge is 0.331 e. The summed E-state index contributed by atoms with van der Waals surface area (Å²) in [5.74, 6) is 0.789. The van der Waals surface area contributed by atoms with Crippen LogP contribution in [-0.2, 0) is 16.1 Å². The lowest BCUT2D eigenvalue weighted by Gasteiger charge is -2.34. The van der Waals surface area contributed by atoms with Crippen LogP contribution in [0.2, 0.25) is 0 Å². The molecule has 0 saturated carbocycles. The fraction of sp³-hybridized carbons (Fsp3) is 0.636. The highest BCUT2D eigenvalue weighted by Gasteiger charge is 2.31. The van der Waals surface area contributed by atoms with Crippen molar-refractivity contribution in [1.29, 1.82) is 0 Å². The molecule has 0 radical (unpaired) electrons. The Hall–Kier alpha value is -1.88. The maximum Gasteiger partial charge on any atom is 0.247 e. The quantitative estimate of drug-likeness (QED) is 0.860. The number of nitrogens with one attached hydrogen (secondary N) is 1. The number of hydrogen-bond donors (Lipinski definition) is 1. The smallest absolute Gasteiger partial charge is 0.247 e. The van der Waals surface area contributed by atoms with E-state index < -0.39 is 0 Å². The Morgan fingerprint density at radius 1 is 1.07 bits per heavy atom. The van der Waals surface area contributed by atoms with Gasteiger partial charge in [-0.15, -0.1) is 0 Å². The maximum atomic E-state index is 12.7. The highest BCUT2D eigenvalue weighted by molar-refractivity contribution is 5.97. The van der Waals surface area contributed by atoms with Crippen LogP contribution < -0.4 is 5.32 Å². The van der Waals surface area contributed by atoms with E-state index in [1.54, 1.807) is 4.90 Å².